The predicted molar refractivity (Wildman–Crippen MR) is 85.8 cm³/mol. The predicted octanol–water partition coefficient (Wildman–Crippen LogP) is 4.27. The average Bonchev–Trinajstić information content (AvgIpc) is 2.55. The van der Waals surface area contributed by atoms with Crippen LogP contribution in [0.5, 0.6) is 11.5 Å². The van der Waals surface area contributed by atoms with E-state index >= 15 is 0 Å². The number of benzene rings is 2. The summed E-state index contributed by atoms with van der Waals surface area (Å²) < 4.78 is 34.9. The Morgan fingerprint density at radius 1 is 1.09 bits per heavy atom. The standard InChI is InChI=1S/C16H15F2NO3S/c1-21-13-5-3-4-12(14(13)22-2)15(20)19-10-6-8-11(9-7-10)23-16(17)18/h3-9,16H,1-2H3,(H,19,20). The van der Waals surface area contributed by atoms with Crippen molar-refractivity contribution in [3.8, 4) is 11.5 Å². The van der Waals surface area contributed by atoms with E-state index in [2.05, 4.69) is 5.32 Å². The van der Waals surface area contributed by atoms with E-state index in [9.17, 15) is 13.6 Å². The van der Waals surface area contributed by atoms with Crippen LogP contribution in [-0.4, -0.2) is 25.9 Å². The van der Waals surface area contributed by atoms with E-state index in [0.29, 0.717) is 39.4 Å². The number of nitrogens with one attached hydrogen (secondary N) is 1. The first-order valence-corrected chi connectivity index (χ1v) is 7.50. The number of thioether (sulfide) groups is 1. The van der Waals surface area contributed by atoms with Gasteiger partial charge in [0.1, 0.15) is 0 Å². The molecule has 0 spiro atoms. The molecule has 0 atom stereocenters. The van der Waals surface area contributed by atoms with Gasteiger partial charge in [-0.25, -0.2) is 0 Å². The van der Waals surface area contributed by atoms with Crippen molar-refractivity contribution < 1.29 is 23.0 Å². The number of alkyl halides is 2. The van der Waals surface area contributed by atoms with Gasteiger partial charge in [-0.3, -0.25) is 4.79 Å². The third-order valence-electron chi connectivity index (χ3n) is 2.98. The Kier molecular flexibility index (Phi) is 5.81. The van der Waals surface area contributed by atoms with Crippen LogP contribution >= 0.6 is 11.8 Å². The average molecular weight is 339 g/mol. The number of methoxy groups -OCH3 is 2. The van der Waals surface area contributed by atoms with Gasteiger partial charge >= 0.3 is 0 Å². The molecule has 23 heavy (non-hydrogen) atoms. The molecule has 1 N–H and O–H groups in total. The first-order chi connectivity index (χ1) is 11.0. The monoisotopic (exact) mass is 339 g/mol. The smallest absolute Gasteiger partial charge is 0.288 e. The summed E-state index contributed by atoms with van der Waals surface area (Å²) in [6, 6.07) is 11.2. The number of carbonyl (C=O) groups is 1. The van der Waals surface area contributed by atoms with Crippen molar-refractivity contribution in [3.05, 3.63) is 48.0 Å². The third kappa shape index (κ3) is 4.35. The van der Waals surface area contributed by atoms with Crippen LogP contribution in [0.15, 0.2) is 47.4 Å². The quantitative estimate of drug-likeness (QED) is 0.799. The first kappa shape index (κ1) is 17.1. The molecule has 0 saturated carbocycles. The highest BCUT2D eigenvalue weighted by Crippen LogP contribution is 2.31. The van der Waals surface area contributed by atoms with Crippen molar-refractivity contribution in [2.75, 3.05) is 19.5 Å². The van der Waals surface area contributed by atoms with Crippen LogP contribution in [0, 0.1) is 0 Å². The van der Waals surface area contributed by atoms with Crippen molar-refractivity contribution in [3.63, 3.8) is 0 Å². The van der Waals surface area contributed by atoms with Crippen molar-refractivity contribution in [1.29, 1.82) is 0 Å². The number of amides is 1. The molecule has 0 aromatic heterocycles. The molecule has 0 aliphatic heterocycles. The SMILES string of the molecule is COc1cccc(C(=O)Nc2ccc(SC(F)F)cc2)c1OC. The van der Waals surface area contributed by atoms with Crippen molar-refractivity contribution in [2.24, 2.45) is 0 Å². The molecule has 4 nitrogen and oxygen atoms in total. The number of carbonyl (C=O) groups excluding carboxylic acids is 1. The molecule has 7 heteroatoms. The lowest BCUT2D eigenvalue weighted by Gasteiger charge is -2.12. The van der Waals surface area contributed by atoms with Crippen LogP contribution in [0.3, 0.4) is 0 Å². The number of halogens is 2. The van der Waals surface area contributed by atoms with Crippen LogP contribution in [0.25, 0.3) is 0 Å². The van der Waals surface area contributed by atoms with Gasteiger partial charge in [0, 0.05) is 10.6 Å². The Morgan fingerprint density at radius 3 is 2.35 bits per heavy atom. The van der Waals surface area contributed by atoms with Crippen molar-refractivity contribution >= 4 is 23.4 Å². The maximum absolute atomic E-state index is 12.4. The zero-order valence-corrected chi connectivity index (χ0v) is 13.3. The van der Waals surface area contributed by atoms with Gasteiger partial charge < -0.3 is 14.8 Å². The molecular formula is C16H15F2NO3S. The lowest BCUT2D eigenvalue weighted by Crippen LogP contribution is -2.13. The molecule has 0 saturated heterocycles. The summed E-state index contributed by atoms with van der Waals surface area (Å²) in [5, 5.41) is 2.69. The van der Waals surface area contributed by atoms with E-state index in [4.69, 9.17) is 9.47 Å². The summed E-state index contributed by atoms with van der Waals surface area (Å²) in [4.78, 5) is 12.8. The lowest BCUT2D eigenvalue weighted by atomic mass is 10.1. The molecule has 0 fully saturated rings. The highest BCUT2D eigenvalue weighted by atomic mass is 32.2. The normalized spacial score (nSPS) is 10.5. The Balaban J connectivity index is 2.16. The molecule has 122 valence electrons. The molecule has 0 radical (unpaired) electrons. The Bertz CT molecular complexity index is 678. The minimum Gasteiger partial charge on any atom is -0.493 e. The van der Waals surface area contributed by atoms with Gasteiger partial charge in [0.2, 0.25) is 0 Å². The summed E-state index contributed by atoms with van der Waals surface area (Å²) in [5.74, 6) is -2.08. The number of ether oxygens (including phenoxy) is 2. The summed E-state index contributed by atoms with van der Waals surface area (Å²) in [7, 11) is 2.93. The number of para-hydroxylation sites is 1. The summed E-state index contributed by atoms with van der Waals surface area (Å²) in [6.45, 7) is 0. The molecule has 1 amide bonds. The Labute approximate surface area is 136 Å². The summed E-state index contributed by atoms with van der Waals surface area (Å²) in [6.07, 6.45) is 0. The number of rotatable bonds is 6. The molecule has 0 aliphatic rings. The van der Waals surface area contributed by atoms with Crippen LogP contribution in [0.1, 0.15) is 10.4 Å². The first-order valence-electron chi connectivity index (χ1n) is 6.62. The van der Waals surface area contributed by atoms with Gasteiger partial charge in [0.05, 0.1) is 19.8 Å². The maximum Gasteiger partial charge on any atom is 0.288 e. The second kappa shape index (κ2) is 7.82. The van der Waals surface area contributed by atoms with Gasteiger partial charge in [-0.05, 0) is 36.4 Å². The lowest BCUT2D eigenvalue weighted by molar-refractivity contribution is 0.102. The van der Waals surface area contributed by atoms with Crippen molar-refractivity contribution in [1.82, 2.24) is 0 Å². The van der Waals surface area contributed by atoms with Gasteiger partial charge in [0.15, 0.2) is 11.5 Å². The largest absolute Gasteiger partial charge is 0.493 e. The third-order valence-corrected chi connectivity index (χ3v) is 3.71. The molecule has 2 aromatic rings. The molecule has 2 rings (SSSR count). The molecule has 0 unspecified atom stereocenters. The fraction of sp³-hybridized carbons (Fsp3) is 0.188. The summed E-state index contributed by atoms with van der Waals surface area (Å²) in [5.41, 5.74) is 0.816. The molecular weight excluding hydrogens is 324 g/mol. The van der Waals surface area contributed by atoms with Gasteiger partial charge in [-0.15, -0.1) is 0 Å². The van der Waals surface area contributed by atoms with Crippen LogP contribution < -0.4 is 14.8 Å². The van der Waals surface area contributed by atoms with Crippen LogP contribution in [0.4, 0.5) is 14.5 Å². The van der Waals surface area contributed by atoms with E-state index in [1.165, 1.54) is 26.4 Å². The molecule has 0 aliphatic carbocycles. The van der Waals surface area contributed by atoms with E-state index in [0.717, 1.165) is 0 Å². The molecule has 0 heterocycles. The van der Waals surface area contributed by atoms with Gasteiger partial charge in [-0.2, -0.15) is 8.78 Å². The van der Waals surface area contributed by atoms with Crippen molar-refractivity contribution in [2.45, 2.75) is 10.7 Å². The van der Waals surface area contributed by atoms with Crippen LogP contribution in [-0.2, 0) is 0 Å². The molecule has 0 bridgehead atoms. The number of hydrogen-bond acceptors (Lipinski definition) is 4. The number of hydrogen-bond donors (Lipinski definition) is 1. The van der Waals surface area contributed by atoms with E-state index in [1.54, 1.807) is 30.3 Å². The van der Waals surface area contributed by atoms with Gasteiger partial charge in [0.25, 0.3) is 11.7 Å². The minimum absolute atomic E-state index is 0.317. The second-order valence-electron chi connectivity index (χ2n) is 4.40. The zero-order valence-electron chi connectivity index (χ0n) is 12.5. The zero-order chi connectivity index (χ0) is 16.8. The fourth-order valence-corrected chi connectivity index (χ4v) is 2.48. The van der Waals surface area contributed by atoms with Gasteiger partial charge in [-0.1, -0.05) is 17.8 Å². The fourth-order valence-electron chi connectivity index (χ4n) is 1.98. The topological polar surface area (TPSA) is 47.6 Å². The minimum atomic E-state index is -2.48. The van der Waals surface area contributed by atoms with E-state index < -0.39 is 5.76 Å². The van der Waals surface area contributed by atoms with E-state index in [-0.39, 0.29) is 5.91 Å². The maximum atomic E-state index is 12.4. The van der Waals surface area contributed by atoms with Crippen LogP contribution in [0.2, 0.25) is 0 Å². The Morgan fingerprint density at radius 2 is 1.78 bits per heavy atom. The summed E-state index contributed by atoms with van der Waals surface area (Å²) >= 11 is 0.451. The highest BCUT2D eigenvalue weighted by Gasteiger charge is 2.16. The molecule has 2 aromatic carbocycles. The van der Waals surface area contributed by atoms with E-state index in [1.807, 2.05) is 0 Å². The highest BCUT2D eigenvalue weighted by molar-refractivity contribution is 7.99. The number of anilines is 1. The second-order valence-corrected chi connectivity index (χ2v) is 5.46. The Hall–Kier alpha value is -2.28.